The van der Waals surface area contributed by atoms with Crippen LogP contribution in [0.4, 0.5) is 10.1 Å². The molecule has 4 nitrogen and oxygen atoms in total. The summed E-state index contributed by atoms with van der Waals surface area (Å²) in [7, 11) is 0. The SMILES string of the molecule is Cc1ccc(NC(=O)c2cnn(Cc3ccccc3Cl)c2)cc1F. The fraction of sp³-hybridized carbons (Fsp3) is 0.111. The largest absolute Gasteiger partial charge is 0.322 e. The summed E-state index contributed by atoms with van der Waals surface area (Å²) >= 11 is 6.12. The molecule has 0 aliphatic carbocycles. The van der Waals surface area contributed by atoms with E-state index in [0.717, 1.165) is 5.56 Å². The van der Waals surface area contributed by atoms with E-state index in [4.69, 9.17) is 11.6 Å². The molecule has 24 heavy (non-hydrogen) atoms. The van der Waals surface area contributed by atoms with E-state index in [1.54, 1.807) is 36.0 Å². The third-order valence-electron chi connectivity index (χ3n) is 3.62. The van der Waals surface area contributed by atoms with Gasteiger partial charge in [-0.1, -0.05) is 35.9 Å². The second-order valence-corrected chi connectivity index (χ2v) is 5.84. The fourth-order valence-corrected chi connectivity index (χ4v) is 2.44. The summed E-state index contributed by atoms with van der Waals surface area (Å²) < 4.78 is 15.2. The molecule has 6 heteroatoms. The van der Waals surface area contributed by atoms with Gasteiger partial charge in [-0.05, 0) is 36.2 Å². The van der Waals surface area contributed by atoms with Crippen molar-refractivity contribution in [3.63, 3.8) is 0 Å². The second kappa shape index (κ2) is 6.84. The molecule has 3 aromatic rings. The molecule has 0 spiro atoms. The van der Waals surface area contributed by atoms with Crippen LogP contribution in [-0.4, -0.2) is 15.7 Å². The number of nitrogens with one attached hydrogen (secondary N) is 1. The van der Waals surface area contributed by atoms with Gasteiger partial charge in [-0.15, -0.1) is 0 Å². The summed E-state index contributed by atoms with van der Waals surface area (Å²) in [6.45, 7) is 2.13. The minimum Gasteiger partial charge on any atom is -0.322 e. The summed E-state index contributed by atoms with van der Waals surface area (Å²) in [6, 6.07) is 12.0. The van der Waals surface area contributed by atoms with Crippen LogP contribution >= 0.6 is 11.6 Å². The normalized spacial score (nSPS) is 10.6. The maximum absolute atomic E-state index is 13.5. The number of anilines is 1. The molecular weight excluding hydrogens is 329 g/mol. The standard InChI is InChI=1S/C18H15ClFN3O/c1-12-6-7-15(8-17(12)20)22-18(24)14-9-21-23(11-14)10-13-4-2-3-5-16(13)19/h2-9,11H,10H2,1H3,(H,22,24). The highest BCUT2D eigenvalue weighted by Crippen LogP contribution is 2.17. The predicted molar refractivity (Wildman–Crippen MR) is 91.9 cm³/mol. The molecule has 0 fully saturated rings. The molecule has 1 aromatic heterocycles. The summed E-state index contributed by atoms with van der Waals surface area (Å²) in [5.74, 6) is -0.703. The van der Waals surface area contributed by atoms with E-state index < -0.39 is 0 Å². The van der Waals surface area contributed by atoms with Gasteiger partial charge in [0.05, 0.1) is 18.3 Å². The number of hydrogen-bond acceptors (Lipinski definition) is 2. The number of nitrogens with zero attached hydrogens (tertiary/aromatic N) is 2. The Bertz CT molecular complexity index is 891. The first kappa shape index (κ1) is 16.2. The van der Waals surface area contributed by atoms with Gasteiger partial charge in [0.2, 0.25) is 0 Å². The molecule has 1 heterocycles. The maximum atomic E-state index is 13.5. The molecule has 0 bridgehead atoms. The van der Waals surface area contributed by atoms with Crippen molar-refractivity contribution in [1.82, 2.24) is 9.78 Å². The lowest BCUT2D eigenvalue weighted by atomic mass is 10.2. The Labute approximate surface area is 143 Å². The van der Waals surface area contributed by atoms with Crippen molar-refractivity contribution >= 4 is 23.2 Å². The Kier molecular flexibility index (Phi) is 4.62. The molecular formula is C18H15ClFN3O. The van der Waals surface area contributed by atoms with Gasteiger partial charge in [0.25, 0.3) is 5.91 Å². The zero-order chi connectivity index (χ0) is 17.1. The van der Waals surface area contributed by atoms with Crippen LogP contribution in [0.25, 0.3) is 0 Å². The van der Waals surface area contributed by atoms with Crippen LogP contribution in [0.2, 0.25) is 5.02 Å². The summed E-state index contributed by atoms with van der Waals surface area (Å²) in [5.41, 5.74) is 2.24. The second-order valence-electron chi connectivity index (χ2n) is 5.44. The number of hydrogen-bond donors (Lipinski definition) is 1. The van der Waals surface area contributed by atoms with Gasteiger partial charge in [-0.3, -0.25) is 9.48 Å². The van der Waals surface area contributed by atoms with Crippen molar-refractivity contribution in [3.8, 4) is 0 Å². The number of aryl methyl sites for hydroxylation is 1. The van der Waals surface area contributed by atoms with Crippen LogP contribution in [-0.2, 0) is 6.54 Å². The van der Waals surface area contributed by atoms with Crippen molar-refractivity contribution in [2.24, 2.45) is 0 Å². The van der Waals surface area contributed by atoms with Crippen molar-refractivity contribution < 1.29 is 9.18 Å². The van der Waals surface area contributed by atoms with Crippen molar-refractivity contribution in [2.45, 2.75) is 13.5 Å². The molecule has 0 atom stereocenters. The van der Waals surface area contributed by atoms with E-state index in [9.17, 15) is 9.18 Å². The van der Waals surface area contributed by atoms with Gasteiger partial charge in [0, 0.05) is 16.9 Å². The van der Waals surface area contributed by atoms with Crippen LogP contribution in [0, 0.1) is 12.7 Å². The van der Waals surface area contributed by atoms with Crippen LogP contribution in [0.1, 0.15) is 21.5 Å². The Balaban J connectivity index is 1.71. The topological polar surface area (TPSA) is 46.9 Å². The van der Waals surface area contributed by atoms with E-state index in [0.29, 0.717) is 28.4 Å². The van der Waals surface area contributed by atoms with Gasteiger partial charge >= 0.3 is 0 Å². The average molecular weight is 344 g/mol. The molecule has 122 valence electrons. The zero-order valence-electron chi connectivity index (χ0n) is 13.0. The number of rotatable bonds is 4. The van der Waals surface area contributed by atoms with Crippen LogP contribution in [0.15, 0.2) is 54.9 Å². The first-order valence-electron chi connectivity index (χ1n) is 7.36. The highest BCUT2D eigenvalue weighted by Gasteiger charge is 2.11. The molecule has 0 unspecified atom stereocenters. The predicted octanol–water partition coefficient (Wildman–Crippen LogP) is 4.28. The lowest BCUT2D eigenvalue weighted by Gasteiger charge is -2.05. The summed E-state index contributed by atoms with van der Waals surface area (Å²) in [5, 5.41) is 7.47. The van der Waals surface area contributed by atoms with E-state index in [2.05, 4.69) is 10.4 Å². The smallest absolute Gasteiger partial charge is 0.258 e. The van der Waals surface area contributed by atoms with Gasteiger partial charge in [0.15, 0.2) is 0 Å². The van der Waals surface area contributed by atoms with Crippen LogP contribution in [0.5, 0.6) is 0 Å². The highest BCUT2D eigenvalue weighted by atomic mass is 35.5. The first-order chi connectivity index (χ1) is 11.5. The lowest BCUT2D eigenvalue weighted by molar-refractivity contribution is 0.102. The average Bonchev–Trinajstić information content (AvgIpc) is 3.02. The Morgan fingerprint density at radius 3 is 2.83 bits per heavy atom. The van der Waals surface area contributed by atoms with Crippen LogP contribution in [0.3, 0.4) is 0 Å². The molecule has 0 saturated carbocycles. The molecule has 0 saturated heterocycles. The Morgan fingerprint density at radius 2 is 2.08 bits per heavy atom. The molecule has 0 radical (unpaired) electrons. The van der Waals surface area contributed by atoms with E-state index in [1.165, 1.54) is 12.3 Å². The van der Waals surface area contributed by atoms with Gasteiger partial charge in [-0.2, -0.15) is 5.10 Å². The number of carbonyl (C=O) groups excluding carboxylic acids is 1. The molecule has 3 rings (SSSR count). The van der Waals surface area contributed by atoms with E-state index in [-0.39, 0.29) is 11.7 Å². The number of amides is 1. The molecule has 0 aliphatic rings. The quantitative estimate of drug-likeness (QED) is 0.768. The third kappa shape index (κ3) is 3.63. The third-order valence-corrected chi connectivity index (χ3v) is 3.98. The first-order valence-corrected chi connectivity index (χ1v) is 7.74. The van der Waals surface area contributed by atoms with Gasteiger partial charge < -0.3 is 5.32 Å². The molecule has 2 aromatic carbocycles. The van der Waals surface area contributed by atoms with E-state index >= 15 is 0 Å². The Hall–Kier alpha value is -2.66. The molecule has 1 amide bonds. The Morgan fingerprint density at radius 1 is 1.29 bits per heavy atom. The number of carbonyl (C=O) groups is 1. The molecule has 1 N–H and O–H groups in total. The maximum Gasteiger partial charge on any atom is 0.258 e. The van der Waals surface area contributed by atoms with E-state index in [1.807, 2.05) is 18.2 Å². The van der Waals surface area contributed by atoms with Crippen molar-refractivity contribution in [1.29, 1.82) is 0 Å². The van der Waals surface area contributed by atoms with Crippen molar-refractivity contribution in [2.75, 3.05) is 5.32 Å². The fourth-order valence-electron chi connectivity index (χ4n) is 2.24. The number of benzene rings is 2. The highest BCUT2D eigenvalue weighted by molar-refractivity contribution is 6.31. The molecule has 0 aliphatic heterocycles. The zero-order valence-corrected chi connectivity index (χ0v) is 13.7. The summed E-state index contributed by atoms with van der Waals surface area (Å²) in [4.78, 5) is 12.2. The number of halogens is 2. The minimum atomic E-state index is -0.359. The monoisotopic (exact) mass is 343 g/mol. The number of aromatic nitrogens is 2. The summed E-state index contributed by atoms with van der Waals surface area (Å²) in [6.07, 6.45) is 3.10. The van der Waals surface area contributed by atoms with Gasteiger partial charge in [-0.25, -0.2) is 4.39 Å². The van der Waals surface area contributed by atoms with Crippen molar-refractivity contribution in [3.05, 3.63) is 82.4 Å². The van der Waals surface area contributed by atoms with Crippen LogP contribution < -0.4 is 5.32 Å². The minimum absolute atomic E-state index is 0.344. The lowest BCUT2D eigenvalue weighted by Crippen LogP contribution is -2.11. The van der Waals surface area contributed by atoms with Gasteiger partial charge in [0.1, 0.15) is 5.82 Å².